The van der Waals surface area contributed by atoms with Crippen molar-refractivity contribution in [2.75, 3.05) is 31.1 Å². The predicted octanol–water partition coefficient (Wildman–Crippen LogP) is -3.56. The first kappa shape index (κ1) is 55.4. The lowest BCUT2D eigenvalue weighted by molar-refractivity contribution is -0.142. The number of rotatable bonds is 18. The van der Waals surface area contributed by atoms with E-state index >= 15 is 0 Å². The van der Waals surface area contributed by atoms with Crippen LogP contribution in [0, 0.1) is 5.92 Å². The molecule has 1 aromatic carbocycles. The summed E-state index contributed by atoms with van der Waals surface area (Å²) in [6.45, 7) is 3.25. The third-order valence-electron chi connectivity index (χ3n) is 11.0. The second kappa shape index (κ2) is 28.3. The van der Waals surface area contributed by atoms with E-state index in [9.17, 15) is 52.7 Å². The monoisotopic (exact) mass is 976 g/mol. The standard InChI is InChI=1S/C42H64N12O11S2/c1-3-23(2)35-41(64)50-26(13-14-31(44)55)37(60)51-28(20-32(45)56)38(61)52-29(22-67-66-18-15-34(58)48-27(39(62)53-35)19-24-9-5-4-6-10-24)42(65)54-17-8-12-30(54)40(63)49-25(11-7-16-43)36(59)47-21-33(46)57/h4-6,9-10,23,25-30,35H,3,7-8,11-22,43H2,1-2H3,(H2,44,55)(H2,45,56)(H2,46,57)(H,47,59)(H,48,58)(H,49,63)(H,50,64)(H,51,60)(H,52,61)(H,53,62). The van der Waals surface area contributed by atoms with Crippen LogP contribution in [0.2, 0.25) is 0 Å². The van der Waals surface area contributed by atoms with E-state index in [1.54, 1.807) is 44.2 Å². The Bertz CT molecular complexity index is 1950. The van der Waals surface area contributed by atoms with Gasteiger partial charge in [-0.05, 0) is 50.1 Å². The van der Waals surface area contributed by atoms with E-state index in [-0.39, 0.29) is 56.7 Å². The Morgan fingerprint density at radius 2 is 1.49 bits per heavy atom. The molecular weight excluding hydrogens is 913 g/mol. The van der Waals surface area contributed by atoms with E-state index in [0.29, 0.717) is 24.8 Å². The Morgan fingerprint density at radius 1 is 0.821 bits per heavy atom. The van der Waals surface area contributed by atoms with Crippen LogP contribution in [0.15, 0.2) is 30.3 Å². The minimum Gasteiger partial charge on any atom is -0.370 e. The van der Waals surface area contributed by atoms with Crippen LogP contribution in [0.5, 0.6) is 0 Å². The Balaban J connectivity index is 2.01. The van der Waals surface area contributed by atoms with Gasteiger partial charge in [0.2, 0.25) is 65.0 Å². The quantitative estimate of drug-likeness (QED) is 0.0635. The van der Waals surface area contributed by atoms with Gasteiger partial charge in [0.1, 0.15) is 42.3 Å². The highest BCUT2D eigenvalue weighted by molar-refractivity contribution is 8.76. The molecule has 370 valence electrons. The zero-order chi connectivity index (χ0) is 49.6. The van der Waals surface area contributed by atoms with Gasteiger partial charge in [-0.15, -0.1) is 0 Å². The highest BCUT2D eigenvalue weighted by Crippen LogP contribution is 2.26. The molecular formula is C42H64N12O11S2. The van der Waals surface area contributed by atoms with E-state index in [1.807, 2.05) is 0 Å². The third-order valence-corrected chi connectivity index (χ3v) is 13.4. The molecule has 8 atom stereocenters. The molecule has 0 spiro atoms. The summed E-state index contributed by atoms with van der Waals surface area (Å²) in [7, 11) is 2.27. The van der Waals surface area contributed by atoms with Gasteiger partial charge in [0.25, 0.3) is 0 Å². The van der Waals surface area contributed by atoms with Gasteiger partial charge in [-0.25, -0.2) is 0 Å². The first-order valence-corrected chi connectivity index (χ1v) is 24.6. The zero-order valence-electron chi connectivity index (χ0n) is 37.7. The van der Waals surface area contributed by atoms with Crippen LogP contribution in [-0.2, 0) is 59.2 Å². The molecule has 2 aliphatic heterocycles. The molecule has 11 amide bonds. The van der Waals surface area contributed by atoms with Gasteiger partial charge in [0, 0.05) is 37.3 Å². The molecule has 15 N–H and O–H groups in total. The van der Waals surface area contributed by atoms with Crippen molar-refractivity contribution in [2.24, 2.45) is 28.9 Å². The Labute approximate surface area is 396 Å². The van der Waals surface area contributed by atoms with E-state index in [4.69, 9.17) is 22.9 Å². The van der Waals surface area contributed by atoms with Crippen LogP contribution >= 0.6 is 21.6 Å². The molecule has 1 aromatic rings. The number of amides is 11. The fraction of sp³-hybridized carbons (Fsp3) is 0.595. The van der Waals surface area contributed by atoms with Gasteiger partial charge in [-0.2, -0.15) is 0 Å². The second-order valence-corrected chi connectivity index (χ2v) is 18.9. The lowest BCUT2D eigenvalue weighted by atomic mass is 9.96. The van der Waals surface area contributed by atoms with E-state index < -0.39 is 133 Å². The summed E-state index contributed by atoms with van der Waals surface area (Å²) >= 11 is 0. The summed E-state index contributed by atoms with van der Waals surface area (Å²) in [5.74, 6) is -9.32. The Kier molecular flexibility index (Phi) is 23.4. The van der Waals surface area contributed by atoms with Gasteiger partial charge in [0.05, 0.1) is 13.0 Å². The average Bonchev–Trinajstić information content (AvgIpc) is 3.78. The van der Waals surface area contributed by atoms with Crippen molar-refractivity contribution in [1.29, 1.82) is 0 Å². The molecule has 0 aromatic heterocycles. The van der Waals surface area contributed by atoms with Gasteiger partial charge in [-0.1, -0.05) is 72.2 Å². The molecule has 2 fully saturated rings. The first-order chi connectivity index (χ1) is 31.8. The molecule has 25 heteroatoms. The highest BCUT2D eigenvalue weighted by Gasteiger charge is 2.40. The summed E-state index contributed by atoms with van der Waals surface area (Å²) in [5, 5.41) is 18.0. The molecule has 0 radical (unpaired) electrons. The summed E-state index contributed by atoms with van der Waals surface area (Å²) in [5.41, 5.74) is 22.4. The number of nitrogens with zero attached hydrogens (tertiary/aromatic N) is 1. The van der Waals surface area contributed by atoms with Crippen molar-refractivity contribution in [3.63, 3.8) is 0 Å². The molecule has 0 aliphatic carbocycles. The number of benzene rings is 1. The van der Waals surface area contributed by atoms with Crippen molar-refractivity contribution in [1.82, 2.24) is 42.1 Å². The molecule has 3 rings (SSSR count). The van der Waals surface area contributed by atoms with Crippen LogP contribution in [0.4, 0.5) is 0 Å². The number of carbonyl (C=O) groups excluding carboxylic acids is 11. The predicted molar refractivity (Wildman–Crippen MR) is 248 cm³/mol. The van der Waals surface area contributed by atoms with Gasteiger partial charge in [-0.3, -0.25) is 52.7 Å². The van der Waals surface area contributed by atoms with Crippen molar-refractivity contribution >= 4 is 86.6 Å². The first-order valence-electron chi connectivity index (χ1n) is 22.1. The van der Waals surface area contributed by atoms with Crippen LogP contribution in [-0.4, -0.2) is 143 Å². The molecule has 0 bridgehead atoms. The normalized spacial score (nSPS) is 23.4. The number of primary amides is 3. The van der Waals surface area contributed by atoms with Crippen molar-refractivity contribution in [2.45, 2.75) is 120 Å². The van der Waals surface area contributed by atoms with Crippen molar-refractivity contribution in [3.8, 4) is 0 Å². The van der Waals surface area contributed by atoms with Crippen LogP contribution in [0.1, 0.15) is 77.2 Å². The van der Waals surface area contributed by atoms with Crippen LogP contribution in [0.25, 0.3) is 0 Å². The molecule has 0 saturated carbocycles. The summed E-state index contributed by atoms with van der Waals surface area (Å²) in [6, 6.07) is -0.407. The number of hydrogen-bond acceptors (Lipinski definition) is 14. The third kappa shape index (κ3) is 18.7. The molecule has 23 nitrogen and oxygen atoms in total. The maximum Gasteiger partial charge on any atom is 0.246 e. The van der Waals surface area contributed by atoms with E-state index in [0.717, 1.165) is 10.8 Å². The van der Waals surface area contributed by atoms with Crippen molar-refractivity contribution in [3.05, 3.63) is 35.9 Å². The Morgan fingerprint density at radius 3 is 2.13 bits per heavy atom. The number of nitrogens with two attached hydrogens (primary N) is 4. The van der Waals surface area contributed by atoms with Gasteiger partial charge < -0.3 is 65.1 Å². The smallest absolute Gasteiger partial charge is 0.246 e. The average molecular weight is 977 g/mol. The largest absolute Gasteiger partial charge is 0.370 e. The summed E-state index contributed by atoms with van der Waals surface area (Å²) in [6.07, 6.45) is -0.185. The topological polar surface area (TPSA) is 379 Å². The van der Waals surface area contributed by atoms with E-state index in [2.05, 4.69) is 37.2 Å². The minimum atomic E-state index is -1.72. The molecule has 8 unspecified atom stereocenters. The number of hydrogen-bond donors (Lipinski definition) is 11. The number of likely N-dealkylation sites (tertiary alicyclic amines) is 1. The molecule has 2 saturated heterocycles. The Hall–Kier alpha value is -5.95. The molecule has 2 heterocycles. The second-order valence-electron chi connectivity index (χ2n) is 16.3. The van der Waals surface area contributed by atoms with Crippen LogP contribution < -0.4 is 60.2 Å². The molecule has 2 aliphatic rings. The van der Waals surface area contributed by atoms with Gasteiger partial charge in [0.15, 0.2) is 0 Å². The number of nitrogens with one attached hydrogen (secondary N) is 7. The summed E-state index contributed by atoms with van der Waals surface area (Å²) < 4.78 is 0. The zero-order valence-corrected chi connectivity index (χ0v) is 39.3. The fourth-order valence-corrected chi connectivity index (χ4v) is 9.34. The lowest BCUT2D eigenvalue weighted by Crippen LogP contribution is -2.61. The maximum atomic E-state index is 14.4. The maximum absolute atomic E-state index is 14.4. The highest BCUT2D eigenvalue weighted by atomic mass is 33.1. The van der Waals surface area contributed by atoms with Crippen LogP contribution in [0.3, 0.4) is 0 Å². The lowest BCUT2D eigenvalue weighted by Gasteiger charge is -2.31. The SMILES string of the molecule is CCC(C)C1NC(=O)C(Cc2ccccc2)NC(=O)CCSSCC(C(=O)N2CCCC2C(=O)NC(CCCN)C(=O)NCC(N)=O)NC(=O)C(CC(N)=O)NC(=O)C(CCC(N)=O)NC1=O. The summed E-state index contributed by atoms with van der Waals surface area (Å²) in [4.78, 5) is 147. The fourth-order valence-electron chi connectivity index (χ4n) is 7.20. The van der Waals surface area contributed by atoms with Gasteiger partial charge >= 0.3 is 0 Å². The molecule has 67 heavy (non-hydrogen) atoms. The van der Waals surface area contributed by atoms with E-state index in [1.165, 1.54) is 15.7 Å². The minimum absolute atomic E-state index is 0.0654. The van der Waals surface area contributed by atoms with Crippen molar-refractivity contribution < 1.29 is 52.7 Å². The number of carbonyl (C=O) groups is 11.